The number of hydrogen-bond acceptors (Lipinski definition) is 6. The molecule has 1 N–H and O–H groups in total. The Labute approximate surface area is 141 Å². The van der Waals surface area contributed by atoms with Crippen LogP contribution in [-0.2, 0) is 6.54 Å². The molecule has 1 aliphatic carbocycles. The van der Waals surface area contributed by atoms with Crippen LogP contribution in [0.5, 0.6) is 0 Å². The van der Waals surface area contributed by atoms with Gasteiger partial charge in [0.25, 0.3) is 0 Å². The van der Waals surface area contributed by atoms with Crippen molar-refractivity contribution in [2.45, 2.75) is 43.4 Å². The van der Waals surface area contributed by atoms with E-state index in [4.69, 9.17) is 0 Å². The third kappa shape index (κ3) is 4.28. The van der Waals surface area contributed by atoms with E-state index in [-0.39, 0.29) is 0 Å². The number of halogens is 1. The molecular formula is C13H18BrN5S2. The van der Waals surface area contributed by atoms with Gasteiger partial charge in [-0.3, -0.25) is 0 Å². The maximum absolute atomic E-state index is 4.16. The van der Waals surface area contributed by atoms with Crippen molar-refractivity contribution < 1.29 is 0 Å². The second-order valence-corrected chi connectivity index (χ2v) is 8.07. The summed E-state index contributed by atoms with van der Waals surface area (Å²) in [6.07, 6.45) is 5.02. The molecule has 5 nitrogen and oxygen atoms in total. The molecule has 1 saturated carbocycles. The van der Waals surface area contributed by atoms with Gasteiger partial charge >= 0.3 is 0 Å². The Morgan fingerprint density at radius 3 is 3.05 bits per heavy atom. The van der Waals surface area contributed by atoms with Gasteiger partial charge in [-0.1, -0.05) is 24.6 Å². The van der Waals surface area contributed by atoms with Gasteiger partial charge in [-0.05, 0) is 45.3 Å². The molecule has 21 heavy (non-hydrogen) atoms. The number of nitrogens with one attached hydrogen (secondary N) is 1. The third-order valence-electron chi connectivity index (χ3n) is 3.56. The fraction of sp³-hybridized carbons (Fsp3) is 0.615. The third-order valence-corrected chi connectivity index (χ3v) is 6.20. The Kier molecular flexibility index (Phi) is 5.68. The highest BCUT2D eigenvalue weighted by atomic mass is 79.9. The quantitative estimate of drug-likeness (QED) is 0.581. The van der Waals surface area contributed by atoms with Crippen molar-refractivity contribution in [1.29, 1.82) is 0 Å². The molecule has 8 heteroatoms. The zero-order valence-electron chi connectivity index (χ0n) is 11.7. The average Bonchev–Trinajstić information content (AvgIpc) is 3.18. The molecule has 2 heterocycles. The van der Waals surface area contributed by atoms with Crippen molar-refractivity contribution in [2.24, 2.45) is 0 Å². The first-order chi connectivity index (χ1) is 10.3. The molecule has 0 bridgehead atoms. The van der Waals surface area contributed by atoms with Crippen LogP contribution in [0.3, 0.4) is 0 Å². The van der Waals surface area contributed by atoms with Gasteiger partial charge in [0.15, 0.2) is 0 Å². The largest absolute Gasteiger partial charge is 0.311 e. The Balaban J connectivity index is 1.40. The molecule has 0 amide bonds. The normalized spacial score (nSPS) is 15.9. The summed E-state index contributed by atoms with van der Waals surface area (Å²) in [7, 11) is 0. The Hall–Kier alpha value is -0.440. The summed E-state index contributed by atoms with van der Waals surface area (Å²) in [5.74, 6) is 0.986. The lowest BCUT2D eigenvalue weighted by atomic mass is 10.3. The summed E-state index contributed by atoms with van der Waals surface area (Å²) in [6, 6.07) is 2.67. The van der Waals surface area contributed by atoms with Gasteiger partial charge < -0.3 is 5.32 Å². The van der Waals surface area contributed by atoms with Crippen molar-refractivity contribution in [3.63, 3.8) is 0 Å². The van der Waals surface area contributed by atoms with Crippen molar-refractivity contribution >= 4 is 39.0 Å². The number of nitrogens with zero attached hydrogens (tertiary/aromatic N) is 4. The first-order valence-corrected chi connectivity index (χ1v) is 9.83. The summed E-state index contributed by atoms with van der Waals surface area (Å²) in [6.45, 7) is 1.88. The van der Waals surface area contributed by atoms with Crippen LogP contribution in [0.25, 0.3) is 0 Å². The Bertz CT molecular complexity index is 564. The van der Waals surface area contributed by atoms with Crippen LogP contribution in [0.4, 0.5) is 0 Å². The van der Waals surface area contributed by atoms with Gasteiger partial charge in [0.05, 0.1) is 6.04 Å². The van der Waals surface area contributed by atoms with E-state index in [1.54, 1.807) is 23.1 Å². The lowest BCUT2D eigenvalue weighted by Gasteiger charge is -2.10. The van der Waals surface area contributed by atoms with E-state index in [0.717, 1.165) is 28.5 Å². The molecule has 1 fully saturated rings. The van der Waals surface area contributed by atoms with Crippen LogP contribution in [0.2, 0.25) is 0 Å². The molecule has 0 spiro atoms. The molecule has 0 atom stereocenters. The minimum atomic E-state index is 0.513. The second-order valence-electron chi connectivity index (χ2n) is 5.10. The van der Waals surface area contributed by atoms with Gasteiger partial charge in [-0.25, -0.2) is 4.68 Å². The van der Waals surface area contributed by atoms with Gasteiger partial charge in [-0.15, -0.1) is 16.4 Å². The van der Waals surface area contributed by atoms with Crippen LogP contribution in [-0.4, -0.2) is 32.5 Å². The van der Waals surface area contributed by atoms with Gasteiger partial charge in [0.1, 0.15) is 0 Å². The van der Waals surface area contributed by atoms with Crippen molar-refractivity contribution in [2.75, 3.05) is 12.3 Å². The van der Waals surface area contributed by atoms with Crippen LogP contribution < -0.4 is 5.32 Å². The number of thiophene rings is 1. The second kappa shape index (κ2) is 7.71. The summed E-state index contributed by atoms with van der Waals surface area (Å²) >= 11 is 6.99. The van der Waals surface area contributed by atoms with Gasteiger partial charge in [-0.2, -0.15) is 0 Å². The number of aromatic nitrogens is 4. The molecule has 1 aliphatic rings. The van der Waals surface area contributed by atoms with E-state index in [9.17, 15) is 0 Å². The zero-order valence-corrected chi connectivity index (χ0v) is 14.9. The van der Waals surface area contributed by atoms with E-state index in [1.165, 1.54) is 30.6 Å². The van der Waals surface area contributed by atoms with E-state index >= 15 is 0 Å². The van der Waals surface area contributed by atoms with E-state index in [1.807, 2.05) is 4.68 Å². The smallest absolute Gasteiger partial charge is 0.209 e. The van der Waals surface area contributed by atoms with Crippen molar-refractivity contribution in [3.05, 3.63) is 20.8 Å². The lowest BCUT2D eigenvalue weighted by molar-refractivity contribution is 0.423. The van der Waals surface area contributed by atoms with Crippen molar-refractivity contribution in [1.82, 2.24) is 25.5 Å². The fourth-order valence-corrected chi connectivity index (χ4v) is 4.79. The fourth-order valence-electron chi connectivity index (χ4n) is 2.53. The molecule has 0 radical (unpaired) electrons. The molecule has 0 saturated heterocycles. The maximum Gasteiger partial charge on any atom is 0.209 e. The highest BCUT2D eigenvalue weighted by molar-refractivity contribution is 9.10. The summed E-state index contributed by atoms with van der Waals surface area (Å²) in [5.41, 5.74) is 0. The monoisotopic (exact) mass is 387 g/mol. The standard InChI is InChI=1S/C13H18BrN5S2/c14-10-7-12(21-9-10)8-15-5-6-20-13-16-17-18-19(13)11-3-1-2-4-11/h7,9,11,15H,1-6,8H2. The molecule has 0 aromatic carbocycles. The predicted octanol–water partition coefficient (Wildman–Crippen LogP) is 3.49. The Morgan fingerprint density at radius 1 is 1.43 bits per heavy atom. The van der Waals surface area contributed by atoms with Crippen molar-refractivity contribution in [3.8, 4) is 0 Å². The average molecular weight is 388 g/mol. The molecule has 114 valence electrons. The zero-order chi connectivity index (χ0) is 14.5. The number of tetrazole rings is 1. The first-order valence-electron chi connectivity index (χ1n) is 7.17. The van der Waals surface area contributed by atoms with Crippen LogP contribution >= 0.6 is 39.0 Å². The van der Waals surface area contributed by atoms with Gasteiger partial charge in [0, 0.05) is 33.6 Å². The predicted molar refractivity (Wildman–Crippen MR) is 89.8 cm³/mol. The molecule has 0 unspecified atom stereocenters. The number of thioether (sulfide) groups is 1. The lowest BCUT2D eigenvalue weighted by Crippen LogP contribution is -2.16. The molecule has 0 aliphatic heterocycles. The summed E-state index contributed by atoms with van der Waals surface area (Å²) in [5, 5.41) is 18.7. The highest BCUT2D eigenvalue weighted by Gasteiger charge is 2.21. The van der Waals surface area contributed by atoms with Crippen LogP contribution in [0.15, 0.2) is 21.1 Å². The summed E-state index contributed by atoms with van der Waals surface area (Å²) in [4.78, 5) is 1.35. The minimum absolute atomic E-state index is 0.513. The molecule has 2 aromatic heterocycles. The maximum atomic E-state index is 4.16. The number of hydrogen-bond donors (Lipinski definition) is 1. The topological polar surface area (TPSA) is 55.6 Å². The minimum Gasteiger partial charge on any atom is -0.311 e. The van der Waals surface area contributed by atoms with E-state index in [0.29, 0.717) is 6.04 Å². The molecule has 3 rings (SSSR count). The van der Waals surface area contributed by atoms with Gasteiger partial charge in [0.2, 0.25) is 5.16 Å². The van der Waals surface area contributed by atoms with E-state index < -0.39 is 0 Å². The SMILES string of the molecule is Brc1csc(CNCCSc2nnnn2C2CCCC2)c1. The first kappa shape index (κ1) is 15.5. The van der Waals surface area contributed by atoms with Crippen LogP contribution in [0, 0.1) is 0 Å². The highest BCUT2D eigenvalue weighted by Crippen LogP contribution is 2.31. The number of rotatable bonds is 7. The van der Waals surface area contributed by atoms with E-state index in [2.05, 4.69) is 48.2 Å². The summed E-state index contributed by atoms with van der Waals surface area (Å²) < 4.78 is 3.18. The molecule has 2 aromatic rings. The molecular weight excluding hydrogens is 370 g/mol. The Morgan fingerprint density at radius 2 is 2.29 bits per heavy atom. The van der Waals surface area contributed by atoms with Crippen LogP contribution in [0.1, 0.15) is 36.6 Å².